The van der Waals surface area contributed by atoms with Crippen LogP contribution in [0.3, 0.4) is 0 Å². The van der Waals surface area contributed by atoms with Crippen LogP contribution in [0.15, 0.2) is 35.4 Å². The number of nitrogens with one attached hydrogen (secondary N) is 1. The van der Waals surface area contributed by atoms with Gasteiger partial charge in [-0.2, -0.15) is 5.10 Å². The number of nitrogens with zero attached hydrogens (tertiary/aromatic N) is 1. The van der Waals surface area contributed by atoms with E-state index in [4.69, 9.17) is 0 Å². The van der Waals surface area contributed by atoms with Crippen LogP contribution in [0.2, 0.25) is 0 Å². The summed E-state index contributed by atoms with van der Waals surface area (Å²) in [6.45, 7) is 1.95. The molecule has 0 unspecified atom stereocenters. The molecule has 5 rings (SSSR count). The van der Waals surface area contributed by atoms with Crippen molar-refractivity contribution < 1.29 is 4.79 Å². The maximum atomic E-state index is 12.8. The Bertz CT molecular complexity index is 570. The van der Waals surface area contributed by atoms with E-state index in [1.165, 1.54) is 19.3 Å². The number of carbonyl (C=O) groups excluding carboxylic acids is 1. The predicted molar refractivity (Wildman–Crippen MR) is 87.4 cm³/mol. The van der Waals surface area contributed by atoms with Gasteiger partial charge in [-0.1, -0.05) is 30.3 Å². The highest BCUT2D eigenvalue weighted by molar-refractivity contribution is 5.99. The zero-order valence-corrected chi connectivity index (χ0v) is 13.2. The van der Waals surface area contributed by atoms with E-state index in [1.54, 1.807) is 0 Å². The number of amides is 1. The molecular weight excluding hydrogens is 272 g/mol. The van der Waals surface area contributed by atoms with Gasteiger partial charge in [-0.15, -0.1) is 0 Å². The van der Waals surface area contributed by atoms with Crippen molar-refractivity contribution in [1.29, 1.82) is 0 Å². The minimum atomic E-state index is -0.116. The lowest BCUT2D eigenvalue weighted by atomic mass is 9.49. The molecule has 0 aliphatic heterocycles. The number of rotatable bonds is 3. The lowest BCUT2D eigenvalue weighted by Gasteiger charge is -2.55. The van der Waals surface area contributed by atoms with Crippen molar-refractivity contribution in [2.24, 2.45) is 28.3 Å². The van der Waals surface area contributed by atoms with Crippen LogP contribution < -0.4 is 5.43 Å². The number of benzene rings is 1. The quantitative estimate of drug-likeness (QED) is 0.670. The van der Waals surface area contributed by atoms with Gasteiger partial charge >= 0.3 is 0 Å². The average molecular weight is 296 g/mol. The standard InChI is InChI=1S/C19H24N2O/c1-13(17-5-3-2-4-6-17)20-21-18(22)19-10-14-7-15(11-19)9-16(8-14)12-19/h2-6,14-16H,7-12H2,1H3,(H,21,22)/b20-13+. The van der Waals surface area contributed by atoms with Gasteiger partial charge < -0.3 is 0 Å². The maximum absolute atomic E-state index is 12.8. The Labute approximate surface area is 132 Å². The Morgan fingerprint density at radius 3 is 2.14 bits per heavy atom. The molecule has 3 nitrogen and oxygen atoms in total. The molecule has 1 amide bonds. The molecule has 0 spiro atoms. The summed E-state index contributed by atoms with van der Waals surface area (Å²) in [6.07, 6.45) is 7.34. The highest BCUT2D eigenvalue weighted by atomic mass is 16.2. The Balaban J connectivity index is 1.48. The van der Waals surface area contributed by atoms with Gasteiger partial charge in [0.1, 0.15) is 0 Å². The van der Waals surface area contributed by atoms with Gasteiger partial charge in [-0.3, -0.25) is 4.79 Å². The fraction of sp³-hybridized carbons (Fsp3) is 0.579. The van der Waals surface area contributed by atoms with E-state index < -0.39 is 0 Å². The summed E-state index contributed by atoms with van der Waals surface area (Å²) >= 11 is 0. The lowest BCUT2D eigenvalue weighted by Crippen LogP contribution is -2.52. The molecule has 4 fully saturated rings. The summed E-state index contributed by atoms with van der Waals surface area (Å²) in [5.74, 6) is 2.53. The highest BCUT2D eigenvalue weighted by Crippen LogP contribution is 2.60. The van der Waals surface area contributed by atoms with Crippen LogP contribution in [0.1, 0.15) is 51.0 Å². The second-order valence-electron chi connectivity index (χ2n) is 7.70. The normalized spacial score (nSPS) is 36.4. The molecule has 4 bridgehead atoms. The van der Waals surface area contributed by atoms with E-state index in [2.05, 4.69) is 10.5 Å². The summed E-state index contributed by atoms with van der Waals surface area (Å²) in [6, 6.07) is 10.0. The van der Waals surface area contributed by atoms with E-state index in [0.29, 0.717) is 0 Å². The van der Waals surface area contributed by atoms with Crippen molar-refractivity contribution in [3.63, 3.8) is 0 Å². The molecular formula is C19H24N2O. The van der Waals surface area contributed by atoms with Gasteiger partial charge in [0.15, 0.2) is 0 Å². The number of hydrazone groups is 1. The SMILES string of the molecule is C/C(=N\NC(=O)C12CC3CC(CC(C3)C1)C2)c1ccccc1. The van der Waals surface area contributed by atoms with E-state index in [-0.39, 0.29) is 11.3 Å². The largest absolute Gasteiger partial charge is 0.273 e. The molecule has 22 heavy (non-hydrogen) atoms. The fourth-order valence-electron chi connectivity index (χ4n) is 5.39. The second kappa shape index (κ2) is 5.22. The van der Waals surface area contributed by atoms with Gasteiger partial charge in [0.25, 0.3) is 0 Å². The van der Waals surface area contributed by atoms with Crippen molar-refractivity contribution in [3.05, 3.63) is 35.9 Å². The molecule has 4 saturated carbocycles. The van der Waals surface area contributed by atoms with Crippen LogP contribution in [-0.4, -0.2) is 11.6 Å². The maximum Gasteiger partial charge on any atom is 0.246 e. The molecule has 4 aliphatic rings. The Morgan fingerprint density at radius 2 is 1.59 bits per heavy atom. The Hall–Kier alpha value is -1.64. The predicted octanol–water partition coefficient (Wildman–Crippen LogP) is 3.74. The van der Waals surface area contributed by atoms with Crippen molar-refractivity contribution in [2.75, 3.05) is 0 Å². The molecule has 0 atom stereocenters. The Kier molecular flexibility index (Phi) is 3.32. The smallest absolute Gasteiger partial charge is 0.246 e. The van der Waals surface area contributed by atoms with E-state index in [0.717, 1.165) is 48.3 Å². The highest BCUT2D eigenvalue weighted by Gasteiger charge is 2.54. The third-order valence-corrected chi connectivity index (χ3v) is 6.04. The first-order valence-corrected chi connectivity index (χ1v) is 8.55. The van der Waals surface area contributed by atoms with Crippen LogP contribution in [0.5, 0.6) is 0 Å². The Morgan fingerprint density at radius 1 is 1.05 bits per heavy atom. The van der Waals surface area contributed by atoms with Crippen molar-refractivity contribution in [2.45, 2.75) is 45.4 Å². The molecule has 116 valence electrons. The van der Waals surface area contributed by atoms with Crippen molar-refractivity contribution in [3.8, 4) is 0 Å². The van der Waals surface area contributed by atoms with Crippen LogP contribution in [0, 0.1) is 23.2 Å². The van der Waals surface area contributed by atoms with Gasteiger partial charge in [-0.05, 0) is 68.8 Å². The number of hydrogen-bond acceptors (Lipinski definition) is 2. The summed E-state index contributed by atoms with van der Waals surface area (Å²) in [5, 5.41) is 4.37. The molecule has 1 aromatic carbocycles. The van der Waals surface area contributed by atoms with Crippen LogP contribution >= 0.6 is 0 Å². The molecule has 1 N–H and O–H groups in total. The van der Waals surface area contributed by atoms with Crippen LogP contribution in [0.25, 0.3) is 0 Å². The summed E-state index contributed by atoms with van der Waals surface area (Å²) < 4.78 is 0. The molecule has 0 saturated heterocycles. The van der Waals surface area contributed by atoms with Gasteiger partial charge in [-0.25, -0.2) is 5.43 Å². The molecule has 0 heterocycles. The first-order valence-electron chi connectivity index (χ1n) is 8.55. The van der Waals surface area contributed by atoms with Crippen molar-refractivity contribution in [1.82, 2.24) is 5.43 Å². The summed E-state index contributed by atoms with van der Waals surface area (Å²) in [5.41, 5.74) is 4.71. The second-order valence-corrected chi connectivity index (χ2v) is 7.70. The minimum absolute atomic E-state index is 0.116. The summed E-state index contributed by atoms with van der Waals surface area (Å²) in [7, 11) is 0. The molecule has 0 radical (unpaired) electrons. The zero-order chi connectivity index (χ0) is 15.2. The van der Waals surface area contributed by atoms with E-state index in [9.17, 15) is 4.79 Å². The molecule has 0 aromatic heterocycles. The zero-order valence-electron chi connectivity index (χ0n) is 13.2. The number of hydrogen-bond donors (Lipinski definition) is 1. The average Bonchev–Trinajstić information content (AvgIpc) is 2.51. The van der Waals surface area contributed by atoms with E-state index in [1.807, 2.05) is 37.3 Å². The van der Waals surface area contributed by atoms with Gasteiger partial charge in [0, 0.05) is 0 Å². The van der Waals surface area contributed by atoms with E-state index >= 15 is 0 Å². The first kappa shape index (κ1) is 14.0. The molecule has 4 aliphatic carbocycles. The molecule has 3 heteroatoms. The molecule has 1 aromatic rings. The number of carbonyl (C=O) groups is 1. The summed E-state index contributed by atoms with van der Waals surface area (Å²) in [4.78, 5) is 12.8. The van der Waals surface area contributed by atoms with Gasteiger partial charge in [0.05, 0.1) is 11.1 Å². The van der Waals surface area contributed by atoms with Crippen LogP contribution in [0.4, 0.5) is 0 Å². The minimum Gasteiger partial charge on any atom is -0.273 e. The first-order chi connectivity index (χ1) is 10.6. The topological polar surface area (TPSA) is 41.5 Å². The monoisotopic (exact) mass is 296 g/mol. The lowest BCUT2D eigenvalue weighted by molar-refractivity contribution is -0.146. The third kappa shape index (κ3) is 2.37. The fourth-order valence-corrected chi connectivity index (χ4v) is 5.39. The van der Waals surface area contributed by atoms with Gasteiger partial charge in [0.2, 0.25) is 5.91 Å². The van der Waals surface area contributed by atoms with Crippen molar-refractivity contribution >= 4 is 11.6 Å². The van der Waals surface area contributed by atoms with Crippen LogP contribution in [-0.2, 0) is 4.79 Å². The third-order valence-electron chi connectivity index (χ3n) is 6.04.